The lowest BCUT2D eigenvalue weighted by Crippen LogP contribution is -1.93. The molecule has 1 aliphatic carbocycles. The summed E-state index contributed by atoms with van der Waals surface area (Å²) in [5, 5.41) is 7.14. The Kier molecular flexibility index (Phi) is 8.85. The Hall–Kier alpha value is -5.15. The smallest absolute Gasteiger partial charge is 0.135 e. The van der Waals surface area contributed by atoms with Crippen LogP contribution in [0.3, 0.4) is 0 Å². The summed E-state index contributed by atoms with van der Waals surface area (Å²) in [5.41, 5.74) is 13.0. The van der Waals surface area contributed by atoms with Crippen LogP contribution in [-0.4, -0.2) is 4.57 Å². The Bertz CT molecular complexity index is 3090. The van der Waals surface area contributed by atoms with Gasteiger partial charge in [0.2, 0.25) is 0 Å². The number of benzene rings is 8. The van der Waals surface area contributed by atoms with Crippen molar-refractivity contribution in [3.05, 3.63) is 194 Å². The number of nitrogens with zero attached hydrogens (tertiary/aromatic N) is 1. The Balaban J connectivity index is 0.000000112. The van der Waals surface area contributed by atoms with Crippen LogP contribution < -0.4 is 0 Å². The maximum atomic E-state index is 6.02. The number of para-hydroxylation sites is 2. The molecule has 0 fully saturated rings. The molecule has 3 heterocycles. The fourth-order valence-corrected chi connectivity index (χ4v) is 9.09. The summed E-state index contributed by atoms with van der Waals surface area (Å²) in [6.45, 7) is 0. The second kappa shape index (κ2) is 14.2. The van der Waals surface area contributed by atoms with E-state index in [1.807, 2.05) is 30.3 Å². The largest absolute Gasteiger partial charge is 0.456 e. The average molecular weight is 951 g/mol. The molecule has 0 bridgehead atoms. The lowest BCUT2D eigenvalue weighted by atomic mass is 10.1. The lowest BCUT2D eigenvalue weighted by molar-refractivity contribution is 0.668. The zero-order valence-corrected chi connectivity index (χ0v) is 34.6. The molecule has 12 rings (SSSR count). The number of hydrogen-bond acceptors (Lipinski definition) is 2. The molecule has 3 nitrogen and oxygen atoms in total. The van der Waals surface area contributed by atoms with E-state index in [0.29, 0.717) is 0 Å². The van der Waals surface area contributed by atoms with Crippen LogP contribution in [0.25, 0.3) is 82.5 Å². The molecule has 0 aliphatic heterocycles. The van der Waals surface area contributed by atoms with E-state index in [4.69, 9.17) is 8.83 Å². The molecule has 3 aromatic heterocycles. The van der Waals surface area contributed by atoms with E-state index in [9.17, 15) is 0 Å². The normalized spacial score (nSPS) is 11.8. The van der Waals surface area contributed by atoms with Gasteiger partial charge in [-0.25, -0.2) is 0 Å². The third-order valence-corrected chi connectivity index (χ3v) is 12.0. The van der Waals surface area contributed by atoms with E-state index < -0.39 is 0 Å². The van der Waals surface area contributed by atoms with Crippen LogP contribution >= 0.6 is 54.5 Å². The quantitative estimate of drug-likeness (QED) is 0.154. The molecule has 11 aromatic rings. The second-order valence-corrected chi connectivity index (χ2v) is 16.7. The van der Waals surface area contributed by atoms with E-state index in [1.165, 1.54) is 53.0 Å². The van der Waals surface area contributed by atoms with Crippen molar-refractivity contribution in [3.8, 4) is 16.8 Å². The van der Waals surface area contributed by atoms with Crippen molar-refractivity contribution in [2.45, 2.75) is 6.42 Å². The summed E-state index contributed by atoms with van der Waals surface area (Å²) >= 11 is 9.37. The van der Waals surface area contributed by atoms with Gasteiger partial charge in [0, 0.05) is 50.5 Å². The number of aromatic nitrogens is 1. The highest BCUT2D eigenvalue weighted by Gasteiger charge is 2.16. The van der Waals surface area contributed by atoms with Gasteiger partial charge in [-0.2, -0.15) is 0 Å². The molecule has 1 aliphatic rings. The fourth-order valence-electron chi connectivity index (χ4n) is 7.88. The first-order valence-corrected chi connectivity index (χ1v) is 20.7. The van der Waals surface area contributed by atoms with Crippen LogP contribution in [-0.2, 0) is 6.42 Å². The number of halogens is 3. The van der Waals surface area contributed by atoms with Crippen molar-refractivity contribution in [1.82, 2.24) is 4.57 Å². The zero-order chi connectivity index (χ0) is 37.0. The third-order valence-electron chi connectivity index (χ3n) is 10.4. The average Bonchev–Trinajstić information content (AvgIpc) is 3.97. The SMILES string of the molecule is Brc1ccc2oc3ccc(-n4c5ccccc5c5ccccc54)cc3c2c1.Brc1ccc2oc3ccc(I)cc3c2c1.c1ccc2c(c1)Cc1ccccc1-2. The molecule has 0 N–H and O–H groups in total. The van der Waals surface area contributed by atoms with Crippen LogP contribution in [0.15, 0.2) is 188 Å². The third kappa shape index (κ3) is 6.26. The van der Waals surface area contributed by atoms with Gasteiger partial charge < -0.3 is 13.4 Å². The molecule has 0 spiro atoms. The predicted molar refractivity (Wildman–Crippen MR) is 245 cm³/mol. The van der Waals surface area contributed by atoms with Crippen LogP contribution in [0.2, 0.25) is 0 Å². The van der Waals surface area contributed by atoms with E-state index in [2.05, 4.69) is 199 Å². The lowest BCUT2D eigenvalue weighted by Gasteiger charge is -2.07. The Morgan fingerprint density at radius 3 is 1.42 bits per heavy atom. The minimum atomic E-state index is 0.910. The molecule has 0 saturated carbocycles. The van der Waals surface area contributed by atoms with Crippen LogP contribution in [0.1, 0.15) is 11.1 Å². The number of rotatable bonds is 1. The molecular formula is C49H30Br2INO2. The van der Waals surface area contributed by atoms with Crippen LogP contribution in [0.4, 0.5) is 0 Å². The van der Waals surface area contributed by atoms with Crippen LogP contribution in [0, 0.1) is 3.57 Å². The molecular weight excluding hydrogens is 921 g/mol. The molecule has 0 unspecified atom stereocenters. The van der Waals surface area contributed by atoms with Gasteiger partial charge in [0.05, 0.1) is 11.0 Å². The fraction of sp³-hybridized carbons (Fsp3) is 0.0204. The molecule has 6 heteroatoms. The maximum absolute atomic E-state index is 6.02. The molecule has 0 atom stereocenters. The van der Waals surface area contributed by atoms with Gasteiger partial charge in [-0.3, -0.25) is 0 Å². The maximum Gasteiger partial charge on any atom is 0.135 e. The highest BCUT2D eigenvalue weighted by Crippen LogP contribution is 2.38. The van der Waals surface area contributed by atoms with Crippen LogP contribution in [0.5, 0.6) is 0 Å². The van der Waals surface area contributed by atoms with Gasteiger partial charge in [-0.05, 0) is 136 Å². The molecule has 0 saturated heterocycles. The highest BCUT2D eigenvalue weighted by atomic mass is 127. The highest BCUT2D eigenvalue weighted by molar-refractivity contribution is 14.1. The second-order valence-electron chi connectivity index (χ2n) is 13.7. The monoisotopic (exact) mass is 949 g/mol. The van der Waals surface area contributed by atoms with Gasteiger partial charge in [0.15, 0.2) is 0 Å². The minimum Gasteiger partial charge on any atom is -0.456 e. The first kappa shape index (κ1) is 34.3. The summed E-state index contributed by atoms with van der Waals surface area (Å²) in [6.07, 6.45) is 1.10. The number of hydrogen-bond donors (Lipinski definition) is 0. The molecule has 264 valence electrons. The first-order valence-electron chi connectivity index (χ1n) is 18.0. The standard InChI is InChI=1S/C24H14BrNO.C13H10.C12H6BrIO/c25-15-9-11-23-19(13-15)20-14-16(10-12-24(20)27-23)26-21-7-3-1-5-17(21)18-6-2-4-8-22(18)26;1-3-7-12-10(5-1)9-11-6-2-4-8-13(11)12;13-7-1-3-11-9(5-7)10-6-8(14)2-4-12(10)15-11/h1-14H;1-8H,9H2;1-6H. The van der Waals surface area contributed by atoms with E-state index >= 15 is 0 Å². The summed E-state index contributed by atoms with van der Waals surface area (Å²) < 4.78 is 17.5. The summed E-state index contributed by atoms with van der Waals surface area (Å²) in [4.78, 5) is 0. The number of fused-ring (bicyclic) bond motifs is 12. The topological polar surface area (TPSA) is 31.2 Å². The first-order chi connectivity index (χ1) is 27.0. The van der Waals surface area contributed by atoms with Gasteiger partial charge in [-0.15, -0.1) is 0 Å². The van der Waals surface area contributed by atoms with Crippen molar-refractivity contribution < 1.29 is 8.83 Å². The molecule has 0 amide bonds. The van der Waals surface area contributed by atoms with Gasteiger partial charge in [0.25, 0.3) is 0 Å². The van der Waals surface area contributed by atoms with Crippen molar-refractivity contribution in [3.63, 3.8) is 0 Å². The van der Waals surface area contributed by atoms with Crippen molar-refractivity contribution >= 4 is 120 Å². The summed E-state index contributed by atoms with van der Waals surface area (Å²) in [7, 11) is 0. The summed E-state index contributed by atoms with van der Waals surface area (Å²) in [5.74, 6) is 0. The van der Waals surface area contributed by atoms with Gasteiger partial charge in [0.1, 0.15) is 22.3 Å². The predicted octanol–water partition coefficient (Wildman–Crippen LogP) is 15.7. The van der Waals surface area contributed by atoms with E-state index in [1.54, 1.807) is 0 Å². The Morgan fingerprint density at radius 1 is 0.418 bits per heavy atom. The zero-order valence-electron chi connectivity index (χ0n) is 29.3. The van der Waals surface area contributed by atoms with Crippen molar-refractivity contribution in [1.29, 1.82) is 0 Å². The van der Waals surface area contributed by atoms with Gasteiger partial charge in [-0.1, -0.05) is 117 Å². The van der Waals surface area contributed by atoms with E-state index in [-0.39, 0.29) is 0 Å². The van der Waals surface area contributed by atoms with E-state index in [0.717, 1.165) is 59.5 Å². The molecule has 8 aromatic carbocycles. The molecule has 0 radical (unpaired) electrons. The van der Waals surface area contributed by atoms with Crippen molar-refractivity contribution in [2.75, 3.05) is 0 Å². The van der Waals surface area contributed by atoms with Crippen molar-refractivity contribution in [2.24, 2.45) is 0 Å². The summed E-state index contributed by atoms with van der Waals surface area (Å²) in [6, 6.07) is 59.3. The molecule has 55 heavy (non-hydrogen) atoms. The Morgan fingerprint density at radius 2 is 0.855 bits per heavy atom. The number of furan rings is 2. The van der Waals surface area contributed by atoms with Gasteiger partial charge >= 0.3 is 0 Å². The Labute approximate surface area is 347 Å². The minimum absolute atomic E-state index is 0.910.